The molecular weight excluding hydrogens is 382 g/mol. The fourth-order valence-electron chi connectivity index (χ4n) is 2.74. The third kappa shape index (κ3) is 3.88. The number of carbonyl (C=O) groups is 2. The number of morpholine rings is 1. The van der Waals surface area contributed by atoms with E-state index in [9.17, 15) is 19.6 Å². The molecule has 1 aromatic carbocycles. The van der Waals surface area contributed by atoms with Gasteiger partial charge in [-0.05, 0) is 12.1 Å². The van der Waals surface area contributed by atoms with Gasteiger partial charge < -0.3 is 14.4 Å². The molecule has 2 heterocycles. The Kier molecular flexibility index (Phi) is 6.03. The highest BCUT2D eigenvalue weighted by atomic mass is 32.1. The molecule has 0 atom stereocenters. The third-order valence-corrected chi connectivity index (χ3v) is 5.22. The fraction of sp³-hybridized carbons (Fsp3) is 0.263. The minimum atomic E-state index is -0.692. The summed E-state index contributed by atoms with van der Waals surface area (Å²) >= 11 is 0.905. The average Bonchev–Trinajstić information content (AvgIpc) is 3.05. The second-order valence-corrected chi connectivity index (χ2v) is 6.84. The third-order valence-electron chi connectivity index (χ3n) is 4.13. The van der Waals surface area contributed by atoms with Gasteiger partial charge in [0.2, 0.25) is 0 Å². The molecular formula is C19H17N3O5S. The molecule has 8 nitrogen and oxygen atoms in total. The van der Waals surface area contributed by atoms with Crippen molar-refractivity contribution in [3.8, 4) is 11.8 Å². The van der Waals surface area contributed by atoms with Gasteiger partial charge in [-0.2, -0.15) is 5.26 Å². The van der Waals surface area contributed by atoms with E-state index in [2.05, 4.69) is 4.74 Å². The van der Waals surface area contributed by atoms with E-state index in [4.69, 9.17) is 4.74 Å². The number of amides is 1. The van der Waals surface area contributed by atoms with Gasteiger partial charge in [-0.3, -0.25) is 14.2 Å². The summed E-state index contributed by atoms with van der Waals surface area (Å²) in [5.41, 5.74) is -0.165. The summed E-state index contributed by atoms with van der Waals surface area (Å²) in [5, 5.41) is 9.70. The molecule has 0 aliphatic carbocycles. The Hall–Kier alpha value is -3.22. The van der Waals surface area contributed by atoms with Crippen molar-refractivity contribution in [1.29, 1.82) is 5.26 Å². The number of carbonyl (C=O) groups excluding carboxylic acids is 2. The van der Waals surface area contributed by atoms with E-state index in [1.165, 1.54) is 16.6 Å². The Morgan fingerprint density at radius 3 is 2.54 bits per heavy atom. The van der Waals surface area contributed by atoms with E-state index in [0.29, 0.717) is 32.0 Å². The van der Waals surface area contributed by atoms with Gasteiger partial charge in [0.25, 0.3) is 11.5 Å². The first-order valence-electron chi connectivity index (χ1n) is 8.45. The molecule has 28 heavy (non-hydrogen) atoms. The van der Waals surface area contributed by atoms with E-state index in [1.807, 2.05) is 6.07 Å². The second kappa shape index (κ2) is 8.65. The quantitative estimate of drug-likeness (QED) is 0.638. The van der Waals surface area contributed by atoms with Gasteiger partial charge >= 0.3 is 5.97 Å². The fourth-order valence-corrected chi connectivity index (χ4v) is 3.80. The number of ether oxygens (including phenoxy) is 2. The molecule has 0 radical (unpaired) electrons. The number of rotatable bonds is 3. The highest BCUT2D eigenvalue weighted by molar-refractivity contribution is 7.07. The van der Waals surface area contributed by atoms with E-state index in [1.54, 1.807) is 30.3 Å². The number of hydrogen-bond acceptors (Lipinski definition) is 7. The smallest absolute Gasteiger partial charge is 0.332 e. The van der Waals surface area contributed by atoms with Crippen LogP contribution in [0.3, 0.4) is 0 Å². The molecule has 1 amide bonds. The molecule has 1 aliphatic heterocycles. The molecule has 1 aliphatic rings. The van der Waals surface area contributed by atoms with Crippen molar-refractivity contribution in [3.05, 3.63) is 49.9 Å². The van der Waals surface area contributed by atoms with Gasteiger partial charge in [-0.15, -0.1) is 11.3 Å². The first-order valence-corrected chi connectivity index (χ1v) is 9.27. The summed E-state index contributed by atoms with van der Waals surface area (Å²) in [5.74, 6) is -1.16. The second-order valence-electron chi connectivity index (χ2n) is 5.81. The zero-order chi connectivity index (χ0) is 20.1. The predicted molar refractivity (Wildman–Crippen MR) is 102 cm³/mol. The molecule has 1 aromatic heterocycles. The molecule has 2 aromatic rings. The van der Waals surface area contributed by atoms with Crippen LogP contribution in [0.5, 0.6) is 0 Å². The van der Waals surface area contributed by atoms with E-state index >= 15 is 0 Å². The summed E-state index contributed by atoms with van der Waals surface area (Å²) in [6.45, 7) is 1.52. The summed E-state index contributed by atoms with van der Waals surface area (Å²) in [6.07, 6.45) is 1.06. The molecule has 1 fully saturated rings. The van der Waals surface area contributed by atoms with E-state index in [0.717, 1.165) is 17.4 Å². The standard InChI is InChI=1S/C19H17N3O5S/c1-26-16(23)11-15-18(25)22(13-5-3-2-4-6-13)19(28-15)14(12-20)17(24)21-7-9-27-10-8-21/h2-6,11H,7-10H2,1H3/b15-11+,19-14+. The Morgan fingerprint density at radius 2 is 1.93 bits per heavy atom. The SMILES string of the molecule is COC(=O)/C=c1/s/c(=C(\C#N)C(=O)N2CCOCC2)n(-c2ccccc2)c1=O. The molecule has 0 unspecified atom stereocenters. The van der Waals surface area contributed by atoms with Crippen molar-refractivity contribution in [2.45, 2.75) is 0 Å². The molecule has 0 spiro atoms. The van der Waals surface area contributed by atoms with Crippen LogP contribution in [-0.2, 0) is 19.1 Å². The van der Waals surface area contributed by atoms with Crippen molar-refractivity contribution in [3.63, 3.8) is 0 Å². The maximum Gasteiger partial charge on any atom is 0.332 e. The number of hydrogen-bond donors (Lipinski definition) is 0. The van der Waals surface area contributed by atoms with Crippen LogP contribution in [0.1, 0.15) is 0 Å². The molecule has 144 valence electrons. The minimum Gasteiger partial charge on any atom is -0.466 e. The van der Waals surface area contributed by atoms with Crippen molar-refractivity contribution in [2.24, 2.45) is 0 Å². The van der Waals surface area contributed by atoms with Crippen LogP contribution in [-0.4, -0.2) is 54.8 Å². The summed E-state index contributed by atoms with van der Waals surface area (Å²) in [7, 11) is 1.21. The van der Waals surface area contributed by atoms with Crippen LogP contribution in [0, 0.1) is 11.3 Å². The number of nitrogens with zero attached hydrogens (tertiary/aromatic N) is 3. The highest BCUT2D eigenvalue weighted by Gasteiger charge is 2.24. The Balaban J connectivity index is 2.30. The Labute approximate surface area is 164 Å². The lowest BCUT2D eigenvalue weighted by Crippen LogP contribution is -2.42. The lowest BCUT2D eigenvalue weighted by Gasteiger charge is -2.26. The highest BCUT2D eigenvalue weighted by Crippen LogP contribution is 2.07. The van der Waals surface area contributed by atoms with Crippen LogP contribution in [0.4, 0.5) is 0 Å². The lowest BCUT2D eigenvalue weighted by molar-refractivity contribution is -0.133. The van der Waals surface area contributed by atoms with Crippen LogP contribution >= 0.6 is 11.3 Å². The van der Waals surface area contributed by atoms with Gasteiger partial charge in [0.1, 0.15) is 15.3 Å². The number of thiazole rings is 1. The predicted octanol–water partition coefficient (Wildman–Crippen LogP) is -0.614. The van der Waals surface area contributed by atoms with Crippen molar-refractivity contribution >= 4 is 34.9 Å². The number of para-hydroxylation sites is 1. The number of aromatic nitrogens is 1. The topological polar surface area (TPSA) is 102 Å². The summed E-state index contributed by atoms with van der Waals surface area (Å²) < 4.78 is 11.4. The minimum absolute atomic E-state index is 0.0771. The van der Waals surface area contributed by atoms with Gasteiger partial charge in [0.15, 0.2) is 5.57 Å². The van der Waals surface area contributed by atoms with E-state index in [-0.39, 0.29) is 14.8 Å². The molecule has 0 N–H and O–H groups in total. The van der Waals surface area contributed by atoms with Gasteiger partial charge in [0.05, 0.1) is 26.0 Å². The number of nitriles is 1. The van der Waals surface area contributed by atoms with Gasteiger partial charge in [-0.25, -0.2) is 4.79 Å². The molecule has 1 saturated heterocycles. The zero-order valence-corrected chi connectivity index (χ0v) is 15.9. The maximum atomic E-state index is 12.9. The van der Waals surface area contributed by atoms with Crippen LogP contribution in [0.2, 0.25) is 0 Å². The maximum absolute atomic E-state index is 12.9. The zero-order valence-electron chi connectivity index (χ0n) is 15.1. The van der Waals surface area contributed by atoms with Crippen LogP contribution in [0.15, 0.2) is 35.1 Å². The molecule has 3 rings (SSSR count). The van der Waals surface area contributed by atoms with E-state index < -0.39 is 17.4 Å². The van der Waals surface area contributed by atoms with Crippen LogP contribution < -0.4 is 14.8 Å². The largest absolute Gasteiger partial charge is 0.466 e. The Morgan fingerprint density at radius 1 is 1.25 bits per heavy atom. The van der Waals surface area contributed by atoms with Crippen LogP contribution in [0.25, 0.3) is 17.3 Å². The molecule has 0 saturated carbocycles. The first-order chi connectivity index (χ1) is 13.6. The monoisotopic (exact) mass is 399 g/mol. The summed E-state index contributed by atoms with van der Waals surface area (Å²) in [6, 6.07) is 10.6. The number of esters is 1. The normalized spacial score (nSPS) is 15.7. The van der Waals surface area contributed by atoms with Gasteiger partial charge in [0, 0.05) is 19.2 Å². The van der Waals surface area contributed by atoms with Gasteiger partial charge in [-0.1, -0.05) is 18.2 Å². The van der Waals surface area contributed by atoms with Crippen molar-refractivity contribution < 1.29 is 19.1 Å². The first kappa shape index (κ1) is 19.5. The van der Waals surface area contributed by atoms with Crippen molar-refractivity contribution in [1.82, 2.24) is 9.47 Å². The summed E-state index contributed by atoms with van der Waals surface area (Å²) in [4.78, 5) is 39.0. The molecule has 0 bridgehead atoms. The van der Waals surface area contributed by atoms with Crippen molar-refractivity contribution in [2.75, 3.05) is 33.4 Å². The number of methoxy groups -OCH3 is 1. The number of benzene rings is 1. The Bertz CT molecular complexity index is 1110. The average molecular weight is 399 g/mol. The molecule has 9 heteroatoms. The lowest BCUT2D eigenvalue weighted by atomic mass is 10.2.